The minimum atomic E-state index is -0.523. The van der Waals surface area contributed by atoms with Gasteiger partial charge in [0.25, 0.3) is 0 Å². The molecule has 12 heteroatoms. The number of thiazole rings is 1. The number of anilines is 2. The Morgan fingerprint density at radius 3 is 2.72 bits per heavy atom. The number of carbonyl (C=O) groups excluding carboxylic acids is 1. The molecule has 0 saturated heterocycles. The molecule has 1 atom stereocenters. The van der Waals surface area contributed by atoms with Gasteiger partial charge in [0, 0.05) is 25.1 Å². The number of pyridine rings is 2. The molecule has 0 bridgehead atoms. The SMILES string of the molecule is COc1nc(-n2cccn2)c(Cl)cc1NC(=O)Nc1cnc2sc(C)nc2c1[C@H](C)OC. The van der Waals surface area contributed by atoms with E-state index in [0.717, 1.165) is 15.4 Å². The van der Waals surface area contributed by atoms with Crippen LogP contribution in [0.3, 0.4) is 0 Å². The van der Waals surface area contributed by atoms with Crippen molar-refractivity contribution in [1.82, 2.24) is 24.7 Å². The Morgan fingerprint density at radius 2 is 2.03 bits per heavy atom. The summed E-state index contributed by atoms with van der Waals surface area (Å²) >= 11 is 7.84. The fourth-order valence-corrected chi connectivity index (χ4v) is 4.18. The van der Waals surface area contributed by atoms with E-state index in [1.54, 1.807) is 37.8 Å². The van der Waals surface area contributed by atoms with Gasteiger partial charge in [-0.2, -0.15) is 10.1 Å². The largest absolute Gasteiger partial charge is 0.479 e. The molecular weight excluding hydrogens is 454 g/mol. The maximum Gasteiger partial charge on any atom is 0.323 e. The number of carbonyl (C=O) groups is 1. The van der Waals surface area contributed by atoms with E-state index in [0.29, 0.717) is 27.7 Å². The summed E-state index contributed by atoms with van der Waals surface area (Å²) in [4.78, 5) is 26.9. The van der Waals surface area contributed by atoms with Crippen LogP contribution in [0.5, 0.6) is 5.88 Å². The van der Waals surface area contributed by atoms with Crippen molar-refractivity contribution in [3.8, 4) is 11.7 Å². The van der Waals surface area contributed by atoms with Gasteiger partial charge in [0.15, 0.2) is 5.82 Å². The van der Waals surface area contributed by atoms with Crippen molar-refractivity contribution in [2.75, 3.05) is 24.9 Å². The number of nitrogens with one attached hydrogen (secondary N) is 2. The van der Waals surface area contributed by atoms with Gasteiger partial charge in [-0.3, -0.25) is 0 Å². The third kappa shape index (κ3) is 4.22. The van der Waals surface area contributed by atoms with E-state index in [2.05, 4.69) is 30.7 Å². The van der Waals surface area contributed by atoms with Crippen LogP contribution in [-0.4, -0.2) is 45.0 Å². The van der Waals surface area contributed by atoms with Gasteiger partial charge in [-0.05, 0) is 26.0 Å². The lowest BCUT2D eigenvalue weighted by molar-refractivity contribution is 0.121. The van der Waals surface area contributed by atoms with Crippen LogP contribution in [0.15, 0.2) is 30.7 Å². The monoisotopic (exact) mass is 473 g/mol. The van der Waals surface area contributed by atoms with E-state index >= 15 is 0 Å². The number of aromatic nitrogens is 5. The fourth-order valence-electron chi connectivity index (χ4n) is 3.17. The summed E-state index contributed by atoms with van der Waals surface area (Å²) in [6.07, 6.45) is 4.59. The van der Waals surface area contributed by atoms with Gasteiger partial charge in [0.05, 0.1) is 35.1 Å². The first-order valence-corrected chi connectivity index (χ1v) is 10.7. The molecule has 0 saturated carbocycles. The first-order chi connectivity index (χ1) is 15.4. The molecule has 4 heterocycles. The van der Waals surface area contributed by atoms with Gasteiger partial charge in [0.1, 0.15) is 16.0 Å². The second-order valence-corrected chi connectivity index (χ2v) is 8.32. The smallest absolute Gasteiger partial charge is 0.323 e. The van der Waals surface area contributed by atoms with E-state index in [9.17, 15) is 4.79 Å². The zero-order chi connectivity index (χ0) is 22.8. The Kier molecular flexibility index (Phi) is 6.21. The Balaban J connectivity index is 1.63. The highest BCUT2D eigenvalue weighted by atomic mass is 35.5. The number of ether oxygens (including phenoxy) is 2. The van der Waals surface area contributed by atoms with Gasteiger partial charge < -0.3 is 20.1 Å². The van der Waals surface area contributed by atoms with Crippen LogP contribution in [-0.2, 0) is 4.74 Å². The molecule has 0 unspecified atom stereocenters. The molecule has 166 valence electrons. The van der Waals surface area contributed by atoms with Gasteiger partial charge >= 0.3 is 6.03 Å². The number of hydrogen-bond acceptors (Lipinski definition) is 8. The zero-order valence-electron chi connectivity index (χ0n) is 17.7. The summed E-state index contributed by atoms with van der Waals surface area (Å²) < 4.78 is 12.3. The molecule has 0 aromatic carbocycles. The molecule has 0 fully saturated rings. The van der Waals surface area contributed by atoms with Crippen molar-refractivity contribution >= 4 is 50.7 Å². The number of fused-ring (bicyclic) bond motifs is 1. The fraction of sp³-hybridized carbons (Fsp3) is 0.250. The van der Waals surface area contributed by atoms with Crippen LogP contribution in [0.4, 0.5) is 16.2 Å². The number of hydrogen-bond donors (Lipinski definition) is 2. The van der Waals surface area contributed by atoms with Gasteiger partial charge in [-0.15, -0.1) is 0 Å². The Bertz CT molecular complexity index is 1280. The zero-order valence-corrected chi connectivity index (χ0v) is 19.3. The number of rotatable bonds is 6. The molecule has 4 rings (SSSR count). The molecular formula is C20H20ClN7O3S. The number of amides is 2. The topological polar surface area (TPSA) is 116 Å². The highest BCUT2D eigenvalue weighted by Gasteiger charge is 2.21. The van der Waals surface area contributed by atoms with E-state index < -0.39 is 6.03 Å². The lowest BCUT2D eigenvalue weighted by Crippen LogP contribution is -2.22. The normalized spacial score (nSPS) is 12.0. The summed E-state index contributed by atoms with van der Waals surface area (Å²) in [5.74, 6) is 0.563. The summed E-state index contributed by atoms with van der Waals surface area (Å²) in [7, 11) is 3.05. The molecule has 2 N–H and O–H groups in total. The molecule has 4 aromatic heterocycles. The highest BCUT2D eigenvalue weighted by Crippen LogP contribution is 2.34. The van der Waals surface area contributed by atoms with Gasteiger partial charge in [-0.1, -0.05) is 22.9 Å². The highest BCUT2D eigenvalue weighted by molar-refractivity contribution is 7.18. The van der Waals surface area contributed by atoms with Crippen molar-refractivity contribution in [3.63, 3.8) is 0 Å². The molecule has 0 aliphatic carbocycles. The third-order valence-corrected chi connectivity index (χ3v) is 5.82. The van der Waals surface area contributed by atoms with Gasteiger partial charge in [0.2, 0.25) is 5.88 Å². The second kappa shape index (κ2) is 9.07. The predicted molar refractivity (Wildman–Crippen MR) is 123 cm³/mol. The molecule has 4 aromatic rings. The molecule has 0 aliphatic heterocycles. The maximum absolute atomic E-state index is 12.8. The summed E-state index contributed by atoms with van der Waals surface area (Å²) in [6.45, 7) is 3.79. The maximum atomic E-state index is 12.8. The Labute approximate surface area is 192 Å². The standard InChI is InChI=1S/C20H20ClN7O3S/c1-10(30-3)15-14(9-22-19-16(15)24-11(2)32-19)26-20(29)25-13-8-12(21)17(27-18(13)31-4)28-7-5-6-23-28/h5-10H,1-4H3,(H2,25,26,29)/t10-/m0/s1. The number of urea groups is 1. The lowest BCUT2D eigenvalue weighted by atomic mass is 10.1. The number of aryl methyl sites for hydroxylation is 1. The first kappa shape index (κ1) is 21.9. The van der Waals surface area contributed by atoms with E-state index in [4.69, 9.17) is 21.1 Å². The number of methoxy groups -OCH3 is 2. The van der Waals surface area contributed by atoms with Crippen LogP contribution in [0, 0.1) is 6.92 Å². The Hall–Kier alpha value is -3.28. The van der Waals surface area contributed by atoms with Crippen LogP contribution < -0.4 is 15.4 Å². The van der Waals surface area contributed by atoms with Crippen LogP contribution in [0.25, 0.3) is 16.2 Å². The van der Waals surface area contributed by atoms with Crippen molar-refractivity contribution < 1.29 is 14.3 Å². The molecule has 2 amide bonds. The van der Waals surface area contributed by atoms with Crippen molar-refractivity contribution in [3.05, 3.63) is 46.3 Å². The van der Waals surface area contributed by atoms with Crippen LogP contribution >= 0.6 is 22.9 Å². The average molecular weight is 474 g/mol. The molecule has 10 nitrogen and oxygen atoms in total. The quantitative estimate of drug-likeness (QED) is 0.420. The van der Waals surface area contributed by atoms with Crippen molar-refractivity contribution in [2.45, 2.75) is 20.0 Å². The Morgan fingerprint density at radius 1 is 1.25 bits per heavy atom. The van der Waals surface area contributed by atoms with Crippen LogP contribution in [0.2, 0.25) is 5.02 Å². The third-order valence-electron chi connectivity index (χ3n) is 4.67. The van der Waals surface area contributed by atoms with Gasteiger partial charge in [-0.25, -0.2) is 19.4 Å². The number of nitrogens with zero attached hydrogens (tertiary/aromatic N) is 5. The number of halogens is 1. The van der Waals surface area contributed by atoms with Crippen molar-refractivity contribution in [1.29, 1.82) is 0 Å². The minimum absolute atomic E-state index is 0.184. The predicted octanol–water partition coefficient (Wildman–Crippen LogP) is 4.59. The first-order valence-electron chi connectivity index (χ1n) is 9.52. The van der Waals surface area contributed by atoms with Crippen molar-refractivity contribution in [2.24, 2.45) is 0 Å². The van der Waals surface area contributed by atoms with E-state index in [1.165, 1.54) is 23.1 Å². The molecule has 0 radical (unpaired) electrons. The summed E-state index contributed by atoms with van der Waals surface area (Å²) in [6, 6.07) is 2.77. The summed E-state index contributed by atoms with van der Waals surface area (Å²) in [5, 5.41) is 10.8. The minimum Gasteiger partial charge on any atom is -0.479 e. The second-order valence-electron chi connectivity index (χ2n) is 6.73. The lowest BCUT2D eigenvalue weighted by Gasteiger charge is -2.17. The molecule has 0 spiro atoms. The average Bonchev–Trinajstić information content (AvgIpc) is 3.42. The van der Waals surface area contributed by atoms with E-state index in [1.807, 2.05) is 13.8 Å². The van der Waals surface area contributed by atoms with E-state index in [-0.39, 0.29) is 12.0 Å². The molecule has 32 heavy (non-hydrogen) atoms. The summed E-state index contributed by atoms with van der Waals surface area (Å²) in [5.41, 5.74) is 2.23. The molecule has 0 aliphatic rings. The van der Waals surface area contributed by atoms with Crippen LogP contribution in [0.1, 0.15) is 23.6 Å².